The standard InChI is InChI=1S/C25H37N3O3/c1-19-9-7-8-14-28(19)25(30)23(20-10-3-4-11-20)26-15-17-27(18-16-26)24(29)21-12-5-6-13-22(21)31-2/h5-6,12-13,19-20,23H,3-4,7-11,14-18H2,1-2H3/t19-,23+/m1/s1. The van der Waals surface area contributed by atoms with Crippen LogP contribution in [0.5, 0.6) is 5.75 Å². The SMILES string of the molecule is COc1ccccc1C(=O)N1CCN([C@H](C(=O)N2CCCC[C@H]2C)C2CCCC2)CC1. The highest BCUT2D eigenvalue weighted by Crippen LogP contribution is 2.33. The highest BCUT2D eigenvalue weighted by Gasteiger charge is 2.40. The van der Waals surface area contributed by atoms with Crippen molar-refractivity contribution in [3.05, 3.63) is 29.8 Å². The molecule has 0 aromatic heterocycles. The number of benzene rings is 1. The molecule has 170 valence electrons. The molecule has 0 N–H and O–H groups in total. The van der Waals surface area contributed by atoms with Gasteiger partial charge in [-0.05, 0) is 57.1 Å². The molecule has 0 unspecified atom stereocenters. The first-order chi connectivity index (χ1) is 15.1. The maximum Gasteiger partial charge on any atom is 0.257 e. The van der Waals surface area contributed by atoms with Gasteiger partial charge in [-0.25, -0.2) is 0 Å². The molecule has 0 radical (unpaired) electrons. The zero-order valence-electron chi connectivity index (χ0n) is 19.1. The fourth-order valence-corrected chi connectivity index (χ4v) is 5.72. The second-order valence-corrected chi connectivity index (χ2v) is 9.39. The molecule has 3 fully saturated rings. The van der Waals surface area contributed by atoms with Crippen LogP contribution in [0.25, 0.3) is 0 Å². The minimum atomic E-state index is -0.0217. The van der Waals surface area contributed by atoms with Crippen molar-refractivity contribution in [2.75, 3.05) is 39.8 Å². The van der Waals surface area contributed by atoms with Crippen molar-refractivity contribution in [2.24, 2.45) is 5.92 Å². The monoisotopic (exact) mass is 427 g/mol. The minimum Gasteiger partial charge on any atom is -0.496 e. The van der Waals surface area contributed by atoms with E-state index in [1.54, 1.807) is 7.11 Å². The predicted molar refractivity (Wildman–Crippen MR) is 121 cm³/mol. The Morgan fingerprint density at radius 3 is 2.29 bits per heavy atom. The van der Waals surface area contributed by atoms with Crippen LogP contribution in [0.15, 0.2) is 24.3 Å². The summed E-state index contributed by atoms with van der Waals surface area (Å²) in [6.07, 6.45) is 8.23. The second kappa shape index (κ2) is 10.0. The zero-order chi connectivity index (χ0) is 21.8. The molecule has 2 atom stereocenters. The summed E-state index contributed by atoms with van der Waals surface area (Å²) in [6, 6.07) is 7.74. The fourth-order valence-electron chi connectivity index (χ4n) is 5.72. The molecule has 0 bridgehead atoms. The maximum absolute atomic E-state index is 13.7. The van der Waals surface area contributed by atoms with Gasteiger partial charge < -0.3 is 14.5 Å². The van der Waals surface area contributed by atoms with E-state index in [1.807, 2.05) is 29.2 Å². The van der Waals surface area contributed by atoms with Crippen LogP contribution in [0.1, 0.15) is 62.2 Å². The Morgan fingerprint density at radius 1 is 0.935 bits per heavy atom. The van der Waals surface area contributed by atoms with Crippen LogP contribution in [-0.2, 0) is 4.79 Å². The van der Waals surface area contributed by atoms with Crippen molar-refractivity contribution in [2.45, 2.75) is 64.0 Å². The van der Waals surface area contributed by atoms with Crippen LogP contribution in [0.4, 0.5) is 0 Å². The number of hydrogen-bond donors (Lipinski definition) is 0. The quantitative estimate of drug-likeness (QED) is 0.723. The third-order valence-corrected chi connectivity index (χ3v) is 7.52. The smallest absolute Gasteiger partial charge is 0.257 e. The number of para-hydroxylation sites is 1. The van der Waals surface area contributed by atoms with E-state index in [9.17, 15) is 9.59 Å². The zero-order valence-corrected chi connectivity index (χ0v) is 19.1. The molecular weight excluding hydrogens is 390 g/mol. The summed E-state index contributed by atoms with van der Waals surface area (Å²) in [4.78, 5) is 33.2. The molecule has 31 heavy (non-hydrogen) atoms. The summed E-state index contributed by atoms with van der Waals surface area (Å²) >= 11 is 0. The molecule has 6 heteroatoms. The molecular formula is C25H37N3O3. The number of piperazine rings is 1. The molecule has 1 saturated carbocycles. The molecule has 3 aliphatic rings. The molecule has 1 aromatic rings. The molecule has 1 aromatic carbocycles. The lowest BCUT2D eigenvalue weighted by molar-refractivity contribution is -0.143. The second-order valence-electron chi connectivity index (χ2n) is 9.39. The van der Waals surface area contributed by atoms with Gasteiger partial charge in [0.2, 0.25) is 5.91 Å². The molecule has 2 saturated heterocycles. The van der Waals surface area contributed by atoms with Gasteiger partial charge >= 0.3 is 0 Å². The normalized spacial score (nSPS) is 24.3. The van der Waals surface area contributed by atoms with Crippen LogP contribution in [0.3, 0.4) is 0 Å². The average Bonchev–Trinajstić information content (AvgIpc) is 3.34. The summed E-state index contributed by atoms with van der Waals surface area (Å²) < 4.78 is 5.38. The van der Waals surface area contributed by atoms with Crippen molar-refractivity contribution in [1.82, 2.24) is 14.7 Å². The van der Waals surface area contributed by atoms with Gasteiger partial charge in [-0.15, -0.1) is 0 Å². The largest absolute Gasteiger partial charge is 0.496 e. The number of ether oxygens (including phenoxy) is 1. The van der Waals surface area contributed by atoms with Crippen LogP contribution in [0.2, 0.25) is 0 Å². The number of hydrogen-bond acceptors (Lipinski definition) is 4. The van der Waals surface area contributed by atoms with Crippen LogP contribution >= 0.6 is 0 Å². The molecule has 2 aliphatic heterocycles. The first-order valence-electron chi connectivity index (χ1n) is 12.1. The van der Waals surface area contributed by atoms with Gasteiger partial charge in [0.25, 0.3) is 5.91 Å². The fraction of sp³-hybridized carbons (Fsp3) is 0.680. The maximum atomic E-state index is 13.7. The third kappa shape index (κ3) is 4.74. The van der Waals surface area contributed by atoms with Gasteiger partial charge in [0.15, 0.2) is 0 Å². The first kappa shape index (κ1) is 22.1. The molecule has 4 rings (SSSR count). The number of methoxy groups -OCH3 is 1. The minimum absolute atomic E-state index is 0.0190. The van der Waals surface area contributed by atoms with Crippen molar-refractivity contribution in [1.29, 1.82) is 0 Å². The molecule has 6 nitrogen and oxygen atoms in total. The number of carbonyl (C=O) groups excluding carboxylic acids is 2. The Kier molecular flexibility index (Phi) is 7.16. The number of rotatable bonds is 5. The van der Waals surface area contributed by atoms with E-state index >= 15 is 0 Å². The number of amides is 2. The van der Waals surface area contributed by atoms with Crippen LogP contribution in [-0.4, -0.2) is 78.4 Å². The van der Waals surface area contributed by atoms with Gasteiger partial charge in [0.05, 0.1) is 18.7 Å². The van der Waals surface area contributed by atoms with Crippen molar-refractivity contribution < 1.29 is 14.3 Å². The lowest BCUT2D eigenvalue weighted by Crippen LogP contribution is -2.60. The Labute approximate surface area is 186 Å². The summed E-state index contributed by atoms with van der Waals surface area (Å²) in [5.74, 6) is 1.43. The van der Waals surface area contributed by atoms with Gasteiger partial charge in [-0.1, -0.05) is 25.0 Å². The highest BCUT2D eigenvalue weighted by molar-refractivity contribution is 5.97. The average molecular weight is 428 g/mol. The Balaban J connectivity index is 1.45. The van der Waals surface area contributed by atoms with Gasteiger partial charge in [-0.3, -0.25) is 14.5 Å². The van der Waals surface area contributed by atoms with Gasteiger partial charge in [0, 0.05) is 38.8 Å². The van der Waals surface area contributed by atoms with E-state index in [0.717, 1.165) is 45.3 Å². The lowest BCUT2D eigenvalue weighted by atomic mass is 9.92. The van der Waals surface area contributed by atoms with Crippen LogP contribution in [0, 0.1) is 5.92 Å². The highest BCUT2D eigenvalue weighted by atomic mass is 16.5. The lowest BCUT2D eigenvalue weighted by Gasteiger charge is -2.44. The number of piperidine rings is 1. The number of nitrogens with zero attached hydrogens (tertiary/aromatic N) is 3. The topological polar surface area (TPSA) is 53.1 Å². The molecule has 2 heterocycles. The predicted octanol–water partition coefficient (Wildman–Crippen LogP) is 3.41. The number of carbonyl (C=O) groups is 2. The Morgan fingerprint density at radius 2 is 1.61 bits per heavy atom. The van der Waals surface area contributed by atoms with Gasteiger partial charge in [0.1, 0.15) is 5.75 Å². The summed E-state index contributed by atoms with van der Waals surface area (Å²) in [6.45, 7) is 5.93. The first-order valence-corrected chi connectivity index (χ1v) is 12.1. The number of likely N-dealkylation sites (tertiary alicyclic amines) is 1. The van der Waals surface area contributed by atoms with E-state index in [2.05, 4.69) is 16.7 Å². The molecule has 2 amide bonds. The van der Waals surface area contributed by atoms with Crippen molar-refractivity contribution >= 4 is 11.8 Å². The van der Waals surface area contributed by atoms with E-state index in [0.29, 0.717) is 42.3 Å². The Bertz CT molecular complexity index is 769. The Hall–Kier alpha value is -2.08. The van der Waals surface area contributed by atoms with Crippen LogP contribution < -0.4 is 4.74 Å². The molecule has 1 aliphatic carbocycles. The third-order valence-electron chi connectivity index (χ3n) is 7.52. The molecule has 0 spiro atoms. The van der Waals surface area contributed by atoms with E-state index in [1.165, 1.54) is 19.3 Å². The van der Waals surface area contributed by atoms with E-state index < -0.39 is 0 Å². The van der Waals surface area contributed by atoms with Crippen molar-refractivity contribution in [3.8, 4) is 5.75 Å². The van der Waals surface area contributed by atoms with E-state index in [4.69, 9.17) is 4.74 Å². The van der Waals surface area contributed by atoms with E-state index in [-0.39, 0.29) is 11.9 Å². The van der Waals surface area contributed by atoms with Gasteiger partial charge in [-0.2, -0.15) is 0 Å². The summed E-state index contributed by atoms with van der Waals surface area (Å²) in [7, 11) is 1.60. The summed E-state index contributed by atoms with van der Waals surface area (Å²) in [5.41, 5.74) is 0.615. The summed E-state index contributed by atoms with van der Waals surface area (Å²) in [5, 5.41) is 0. The van der Waals surface area contributed by atoms with Crippen molar-refractivity contribution in [3.63, 3.8) is 0 Å².